The number of hydrogen-bond donors (Lipinski definition) is 1. The maximum Gasteiger partial charge on any atom is 0.255 e. The van der Waals surface area contributed by atoms with Crippen LogP contribution in [0.3, 0.4) is 0 Å². The lowest BCUT2D eigenvalue weighted by atomic mass is 10.1. The van der Waals surface area contributed by atoms with E-state index in [2.05, 4.69) is 24.2 Å². The van der Waals surface area contributed by atoms with Crippen molar-refractivity contribution in [3.05, 3.63) is 59.7 Å². The van der Waals surface area contributed by atoms with E-state index in [0.717, 1.165) is 17.8 Å². The third-order valence-corrected chi connectivity index (χ3v) is 3.69. The van der Waals surface area contributed by atoms with Crippen molar-refractivity contribution in [3.8, 4) is 0 Å². The van der Waals surface area contributed by atoms with Gasteiger partial charge in [-0.15, -0.1) is 0 Å². The highest BCUT2D eigenvalue weighted by Crippen LogP contribution is 2.18. The fourth-order valence-electron chi connectivity index (χ4n) is 2.31. The lowest BCUT2D eigenvalue weighted by Crippen LogP contribution is -2.18. The van der Waals surface area contributed by atoms with Crippen molar-refractivity contribution in [3.63, 3.8) is 0 Å². The van der Waals surface area contributed by atoms with Crippen LogP contribution in [0.5, 0.6) is 0 Å². The van der Waals surface area contributed by atoms with E-state index < -0.39 is 0 Å². The summed E-state index contributed by atoms with van der Waals surface area (Å²) in [5, 5.41) is 2.94. The van der Waals surface area contributed by atoms with Crippen LogP contribution in [0, 0.1) is 6.92 Å². The molecule has 2 rings (SSSR count). The molecule has 0 aliphatic rings. The fourth-order valence-corrected chi connectivity index (χ4v) is 2.31. The number of rotatable bonds is 6. The molecular formula is C19H24N2O. The predicted molar refractivity (Wildman–Crippen MR) is 93.8 cm³/mol. The fraction of sp³-hybridized carbons (Fsp3) is 0.316. The number of unbranched alkanes of at least 4 members (excludes halogenated alkanes) is 1. The van der Waals surface area contributed by atoms with E-state index in [1.165, 1.54) is 18.5 Å². The van der Waals surface area contributed by atoms with Gasteiger partial charge in [0.15, 0.2) is 0 Å². The van der Waals surface area contributed by atoms with Crippen LogP contribution in [0.1, 0.15) is 35.7 Å². The molecule has 0 saturated heterocycles. The summed E-state index contributed by atoms with van der Waals surface area (Å²) in [7, 11) is 2.09. The van der Waals surface area contributed by atoms with Gasteiger partial charge in [-0.1, -0.05) is 31.0 Å². The van der Waals surface area contributed by atoms with Crippen LogP contribution in [0.15, 0.2) is 48.5 Å². The minimum atomic E-state index is -0.0733. The van der Waals surface area contributed by atoms with E-state index >= 15 is 0 Å². The van der Waals surface area contributed by atoms with Gasteiger partial charge in [-0.3, -0.25) is 4.79 Å². The molecule has 3 heteroatoms. The molecular weight excluding hydrogens is 272 g/mol. The Morgan fingerprint density at radius 2 is 1.86 bits per heavy atom. The average molecular weight is 296 g/mol. The van der Waals surface area contributed by atoms with E-state index in [-0.39, 0.29) is 5.91 Å². The first-order valence-corrected chi connectivity index (χ1v) is 7.79. The van der Waals surface area contributed by atoms with Crippen molar-refractivity contribution in [1.82, 2.24) is 0 Å². The maximum atomic E-state index is 12.2. The zero-order valence-electron chi connectivity index (χ0n) is 13.6. The summed E-state index contributed by atoms with van der Waals surface area (Å²) in [5.41, 5.74) is 3.76. The first-order valence-electron chi connectivity index (χ1n) is 7.79. The van der Waals surface area contributed by atoms with E-state index in [9.17, 15) is 4.79 Å². The minimum Gasteiger partial charge on any atom is -0.375 e. The molecule has 0 unspecified atom stereocenters. The second-order valence-electron chi connectivity index (χ2n) is 5.65. The van der Waals surface area contributed by atoms with Gasteiger partial charge in [0.1, 0.15) is 0 Å². The highest BCUT2D eigenvalue weighted by atomic mass is 16.1. The summed E-state index contributed by atoms with van der Waals surface area (Å²) in [6.45, 7) is 5.22. The Morgan fingerprint density at radius 3 is 2.50 bits per heavy atom. The van der Waals surface area contributed by atoms with Crippen LogP contribution in [0.25, 0.3) is 0 Å². The topological polar surface area (TPSA) is 32.3 Å². The number of amides is 1. The molecule has 2 aromatic carbocycles. The Hall–Kier alpha value is -2.29. The molecule has 0 aromatic heterocycles. The summed E-state index contributed by atoms with van der Waals surface area (Å²) in [4.78, 5) is 14.4. The van der Waals surface area contributed by atoms with Crippen molar-refractivity contribution in [2.24, 2.45) is 0 Å². The first-order chi connectivity index (χ1) is 10.6. The Labute approximate surface area is 133 Å². The van der Waals surface area contributed by atoms with Gasteiger partial charge in [0.25, 0.3) is 5.91 Å². The van der Waals surface area contributed by atoms with Crippen molar-refractivity contribution in [1.29, 1.82) is 0 Å². The zero-order valence-corrected chi connectivity index (χ0v) is 13.6. The zero-order chi connectivity index (χ0) is 15.9. The third kappa shape index (κ3) is 4.35. The molecule has 22 heavy (non-hydrogen) atoms. The SMILES string of the molecule is CCCCN(C)c1ccc(NC(=O)c2cccc(C)c2)cc1. The number of nitrogens with zero attached hydrogens (tertiary/aromatic N) is 1. The first kappa shape index (κ1) is 16.1. The van der Waals surface area contributed by atoms with Crippen LogP contribution in [-0.2, 0) is 0 Å². The second-order valence-corrected chi connectivity index (χ2v) is 5.65. The molecule has 0 aliphatic heterocycles. The second kappa shape index (κ2) is 7.64. The van der Waals surface area contributed by atoms with Crippen molar-refractivity contribution >= 4 is 17.3 Å². The molecule has 3 nitrogen and oxygen atoms in total. The summed E-state index contributed by atoms with van der Waals surface area (Å²) >= 11 is 0. The Kier molecular flexibility index (Phi) is 5.59. The highest BCUT2D eigenvalue weighted by molar-refractivity contribution is 6.04. The molecule has 0 radical (unpaired) electrons. The summed E-state index contributed by atoms with van der Waals surface area (Å²) < 4.78 is 0. The number of carbonyl (C=O) groups excluding carboxylic acids is 1. The van der Waals surface area contributed by atoms with E-state index in [4.69, 9.17) is 0 Å². The molecule has 0 aliphatic carbocycles. The normalized spacial score (nSPS) is 10.3. The van der Waals surface area contributed by atoms with Crippen LogP contribution < -0.4 is 10.2 Å². The number of anilines is 2. The van der Waals surface area contributed by atoms with Crippen molar-refractivity contribution in [2.75, 3.05) is 23.8 Å². The molecule has 0 fully saturated rings. The summed E-state index contributed by atoms with van der Waals surface area (Å²) in [6, 6.07) is 15.6. The Bertz CT molecular complexity index is 620. The molecule has 0 bridgehead atoms. The number of nitrogens with one attached hydrogen (secondary N) is 1. The highest BCUT2D eigenvalue weighted by Gasteiger charge is 2.06. The van der Waals surface area contributed by atoms with E-state index in [0.29, 0.717) is 5.56 Å². The molecule has 0 atom stereocenters. The van der Waals surface area contributed by atoms with Gasteiger partial charge in [0.05, 0.1) is 0 Å². The minimum absolute atomic E-state index is 0.0733. The molecule has 0 spiro atoms. The van der Waals surface area contributed by atoms with Crippen LogP contribution in [-0.4, -0.2) is 19.5 Å². The van der Waals surface area contributed by atoms with Crippen LogP contribution >= 0.6 is 0 Å². The third-order valence-electron chi connectivity index (χ3n) is 3.69. The van der Waals surface area contributed by atoms with Gasteiger partial charge in [-0.25, -0.2) is 0 Å². The monoisotopic (exact) mass is 296 g/mol. The van der Waals surface area contributed by atoms with Gasteiger partial charge in [0, 0.05) is 30.5 Å². The standard InChI is InChI=1S/C19H24N2O/c1-4-5-13-21(3)18-11-9-17(10-12-18)20-19(22)16-8-6-7-15(2)14-16/h6-12,14H,4-5,13H2,1-3H3,(H,20,22). The van der Waals surface area contributed by atoms with Gasteiger partial charge in [-0.05, 0) is 49.7 Å². The smallest absolute Gasteiger partial charge is 0.255 e. The van der Waals surface area contributed by atoms with Crippen LogP contribution in [0.2, 0.25) is 0 Å². The lowest BCUT2D eigenvalue weighted by molar-refractivity contribution is 0.102. The largest absolute Gasteiger partial charge is 0.375 e. The molecule has 0 saturated carbocycles. The number of carbonyl (C=O) groups is 1. The molecule has 1 amide bonds. The predicted octanol–water partition coefficient (Wildman–Crippen LogP) is 4.48. The molecule has 2 aromatic rings. The number of hydrogen-bond acceptors (Lipinski definition) is 2. The quantitative estimate of drug-likeness (QED) is 0.852. The summed E-state index contributed by atoms with van der Waals surface area (Å²) in [5.74, 6) is -0.0733. The molecule has 0 heterocycles. The van der Waals surface area contributed by atoms with Crippen molar-refractivity contribution in [2.45, 2.75) is 26.7 Å². The molecule has 1 N–H and O–H groups in total. The number of benzene rings is 2. The average Bonchev–Trinajstić information content (AvgIpc) is 2.53. The Morgan fingerprint density at radius 1 is 1.14 bits per heavy atom. The van der Waals surface area contributed by atoms with Crippen LogP contribution in [0.4, 0.5) is 11.4 Å². The van der Waals surface area contributed by atoms with Gasteiger partial charge >= 0.3 is 0 Å². The molecule has 116 valence electrons. The lowest BCUT2D eigenvalue weighted by Gasteiger charge is -2.19. The Balaban J connectivity index is 2.00. The van der Waals surface area contributed by atoms with Crippen molar-refractivity contribution < 1.29 is 4.79 Å². The van der Waals surface area contributed by atoms with Gasteiger partial charge in [-0.2, -0.15) is 0 Å². The van der Waals surface area contributed by atoms with Gasteiger partial charge < -0.3 is 10.2 Å². The van der Waals surface area contributed by atoms with E-state index in [1.807, 2.05) is 55.5 Å². The van der Waals surface area contributed by atoms with E-state index in [1.54, 1.807) is 0 Å². The maximum absolute atomic E-state index is 12.2. The summed E-state index contributed by atoms with van der Waals surface area (Å²) in [6.07, 6.45) is 2.37. The van der Waals surface area contributed by atoms with Gasteiger partial charge in [0.2, 0.25) is 0 Å². The number of aryl methyl sites for hydroxylation is 1.